The molecule has 2 aromatic carbocycles. The molecule has 2 aliphatic heterocycles. The number of anilines is 2. The van der Waals surface area contributed by atoms with E-state index < -0.39 is 23.4 Å². The normalized spacial score (nSPS) is 19.5. The van der Waals surface area contributed by atoms with Crippen molar-refractivity contribution in [3.63, 3.8) is 0 Å². The molecule has 1 unspecified atom stereocenters. The van der Waals surface area contributed by atoms with Crippen LogP contribution in [0.15, 0.2) is 30.3 Å². The molecule has 0 bridgehead atoms. The Morgan fingerprint density at radius 2 is 1.84 bits per heavy atom. The summed E-state index contributed by atoms with van der Waals surface area (Å²) in [5.41, 5.74) is 0.437. The van der Waals surface area contributed by atoms with E-state index in [0.717, 1.165) is 31.1 Å². The molecule has 1 atom stereocenters. The van der Waals surface area contributed by atoms with Gasteiger partial charge in [0.15, 0.2) is 11.6 Å². The van der Waals surface area contributed by atoms with Crippen molar-refractivity contribution in [3.8, 4) is 0 Å². The summed E-state index contributed by atoms with van der Waals surface area (Å²) >= 11 is 0. The van der Waals surface area contributed by atoms with Gasteiger partial charge in [0, 0.05) is 38.3 Å². The Kier molecular flexibility index (Phi) is 6.44. The molecule has 2 aliphatic rings. The first-order valence-electron chi connectivity index (χ1n) is 11.0. The largest absolute Gasteiger partial charge is 0.350 e. The van der Waals surface area contributed by atoms with Gasteiger partial charge in [0.1, 0.15) is 5.82 Å². The van der Waals surface area contributed by atoms with E-state index >= 15 is 0 Å². The number of hydrogen-bond acceptors (Lipinski definition) is 4. The molecule has 2 fully saturated rings. The predicted molar refractivity (Wildman–Crippen MR) is 119 cm³/mol. The second-order valence-electron chi connectivity index (χ2n) is 8.84. The summed E-state index contributed by atoms with van der Waals surface area (Å²) in [6.45, 7) is 4.92. The van der Waals surface area contributed by atoms with Crippen molar-refractivity contribution in [2.24, 2.45) is 0 Å². The van der Waals surface area contributed by atoms with Crippen LogP contribution in [0.4, 0.5) is 24.5 Å². The van der Waals surface area contributed by atoms with Crippen molar-refractivity contribution in [1.82, 2.24) is 14.7 Å². The van der Waals surface area contributed by atoms with E-state index in [0.29, 0.717) is 25.6 Å². The predicted octanol–water partition coefficient (Wildman–Crippen LogP) is 3.87. The van der Waals surface area contributed by atoms with Gasteiger partial charge in [0.2, 0.25) is 0 Å². The topological polar surface area (TPSA) is 38.8 Å². The molecule has 0 aromatic heterocycles. The molecule has 1 N–H and O–H groups in total. The smallest absolute Gasteiger partial charge is 0.256 e. The highest BCUT2D eigenvalue weighted by Gasteiger charge is 2.39. The van der Waals surface area contributed by atoms with Gasteiger partial charge in [-0.25, -0.2) is 13.2 Å². The molecule has 32 heavy (non-hydrogen) atoms. The fourth-order valence-corrected chi connectivity index (χ4v) is 4.41. The lowest BCUT2D eigenvalue weighted by Gasteiger charge is -2.44. The summed E-state index contributed by atoms with van der Waals surface area (Å²) in [5, 5.41) is 2.62. The Morgan fingerprint density at radius 3 is 2.47 bits per heavy atom. The average molecular weight is 447 g/mol. The maximum atomic E-state index is 14.7. The maximum Gasteiger partial charge on any atom is 0.256 e. The molecule has 0 saturated carbocycles. The van der Waals surface area contributed by atoms with Gasteiger partial charge >= 0.3 is 0 Å². The maximum absolute atomic E-state index is 14.7. The minimum Gasteiger partial charge on any atom is -0.350 e. The SMILES string of the molecule is CCc1ccc(Nc2c(C(=O)N3CC(N4CCC(N(C)C)C4)C3)ccc(F)c2F)c(F)c1. The molecule has 8 heteroatoms. The minimum atomic E-state index is -1.19. The molecule has 5 nitrogen and oxygen atoms in total. The van der Waals surface area contributed by atoms with Crippen LogP contribution in [0.5, 0.6) is 0 Å². The highest BCUT2D eigenvalue weighted by Crippen LogP contribution is 2.31. The summed E-state index contributed by atoms with van der Waals surface area (Å²) in [4.78, 5) is 19.3. The zero-order valence-electron chi connectivity index (χ0n) is 18.7. The van der Waals surface area contributed by atoms with Crippen LogP contribution in [-0.2, 0) is 6.42 Å². The number of rotatable bonds is 6. The zero-order valence-corrected chi connectivity index (χ0v) is 18.7. The third-order valence-corrected chi connectivity index (χ3v) is 6.62. The fraction of sp³-hybridized carbons (Fsp3) is 0.458. The second kappa shape index (κ2) is 9.11. The number of nitrogens with one attached hydrogen (secondary N) is 1. The van der Waals surface area contributed by atoms with Crippen molar-refractivity contribution in [1.29, 1.82) is 0 Å². The van der Waals surface area contributed by atoms with Crippen molar-refractivity contribution < 1.29 is 18.0 Å². The molecule has 2 heterocycles. The summed E-state index contributed by atoms with van der Waals surface area (Å²) in [6.07, 6.45) is 1.74. The Hall–Kier alpha value is -2.58. The third-order valence-electron chi connectivity index (χ3n) is 6.62. The monoisotopic (exact) mass is 446 g/mol. The number of aryl methyl sites for hydroxylation is 1. The molecule has 2 saturated heterocycles. The van der Waals surface area contributed by atoms with Crippen molar-refractivity contribution in [2.75, 3.05) is 45.6 Å². The third kappa shape index (κ3) is 4.34. The molecule has 0 radical (unpaired) electrons. The van der Waals surface area contributed by atoms with Gasteiger partial charge < -0.3 is 15.1 Å². The van der Waals surface area contributed by atoms with Gasteiger partial charge in [-0.1, -0.05) is 13.0 Å². The van der Waals surface area contributed by atoms with E-state index in [4.69, 9.17) is 0 Å². The van der Waals surface area contributed by atoms with E-state index in [-0.39, 0.29) is 23.0 Å². The molecule has 172 valence electrons. The number of benzene rings is 2. The second-order valence-corrected chi connectivity index (χ2v) is 8.84. The van der Waals surface area contributed by atoms with Crippen molar-refractivity contribution in [2.45, 2.75) is 31.8 Å². The number of amides is 1. The lowest BCUT2D eigenvalue weighted by molar-refractivity contribution is 0.0319. The summed E-state index contributed by atoms with van der Waals surface area (Å²) in [6, 6.07) is 7.50. The van der Waals surface area contributed by atoms with E-state index in [1.807, 2.05) is 6.92 Å². The quantitative estimate of drug-likeness (QED) is 0.731. The average Bonchev–Trinajstić information content (AvgIpc) is 3.21. The molecule has 0 spiro atoms. The summed E-state index contributed by atoms with van der Waals surface area (Å²) in [5.74, 6) is -3.26. The van der Waals surface area contributed by atoms with Crippen LogP contribution < -0.4 is 5.32 Å². The highest BCUT2D eigenvalue weighted by molar-refractivity contribution is 6.01. The van der Waals surface area contributed by atoms with Gasteiger partial charge in [0.05, 0.1) is 16.9 Å². The first-order valence-corrected chi connectivity index (χ1v) is 11.0. The van der Waals surface area contributed by atoms with E-state index in [1.165, 1.54) is 18.2 Å². The standard InChI is InChI=1S/C24H29F3N4O/c1-4-15-5-8-21(20(26)11-15)28-23-18(6-7-19(25)22(23)27)24(32)31-13-17(14-31)30-10-9-16(12-30)29(2)3/h5-8,11,16-17,28H,4,9-10,12-14H2,1-3H3. The number of likely N-dealkylation sites (N-methyl/N-ethyl adjacent to an activating group) is 1. The highest BCUT2D eigenvalue weighted by atomic mass is 19.2. The number of hydrogen-bond donors (Lipinski definition) is 1. The van der Waals surface area contributed by atoms with Crippen LogP contribution in [0.1, 0.15) is 29.3 Å². The van der Waals surface area contributed by atoms with Crippen molar-refractivity contribution in [3.05, 3.63) is 58.9 Å². The molecule has 0 aliphatic carbocycles. The molecular weight excluding hydrogens is 417 g/mol. The first kappa shape index (κ1) is 22.6. The fourth-order valence-electron chi connectivity index (χ4n) is 4.41. The van der Waals surface area contributed by atoms with Gasteiger partial charge in [-0.2, -0.15) is 0 Å². The minimum absolute atomic E-state index is 0.00553. The van der Waals surface area contributed by atoms with Crippen LogP contribution in [0.3, 0.4) is 0 Å². The van der Waals surface area contributed by atoms with Gasteiger partial charge in [-0.05, 0) is 56.8 Å². The molecule has 1 amide bonds. The number of likely N-dealkylation sites (tertiary alicyclic amines) is 2. The first-order chi connectivity index (χ1) is 15.3. The van der Waals surface area contributed by atoms with Crippen LogP contribution in [-0.4, -0.2) is 73.0 Å². The zero-order chi connectivity index (χ0) is 23.0. The van der Waals surface area contributed by atoms with Crippen LogP contribution in [0, 0.1) is 17.5 Å². The Balaban J connectivity index is 1.50. The molecule has 2 aromatic rings. The number of nitrogens with zero attached hydrogens (tertiary/aromatic N) is 3. The lowest BCUT2D eigenvalue weighted by atomic mass is 10.0. The van der Waals surface area contributed by atoms with Gasteiger partial charge in [-0.3, -0.25) is 9.69 Å². The van der Waals surface area contributed by atoms with Crippen LogP contribution >= 0.6 is 0 Å². The number of carbonyl (C=O) groups excluding carboxylic acids is 1. The summed E-state index contributed by atoms with van der Waals surface area (Å²) in [7, 11) is 4.14. The van der Waals surface area contributed by atoms with Crippen LogP contribution in [0.2, 0.25) is 0 Å². The van der Waals surface area contributed by atoms with Gasteiger partial charge in [0.25, 0.3) is 5.91 Å². The Bertz CT molecular complexity index is 1010. The van der Waals surface area contributed by atoms with E-state index in [1.54, 1.807) is 11.0 Å². The Morgan fingerprint density at radius 1 is 1.09 bits per heavy atom. The molecular formula is C24H29F3N4O. The number of halogens is 3. The van der Waals surface area contributed by atoms with Crippen LogP contribution in [0.25, 0.3) is 0 Å². The summed E-state index contributed by atoms with van der Waals surface area (Å²) < 4.78 is 43.1. The lowest BCUT2D eigenvalue weighted by Crippen LogP contribution is -2.60. The van der Waals surface area contributed by atoms with Crippen molar-refractivity contribution >= 4 is 17.3 Å². The number of carbonyl (C=O) groups is 1. The van der Waals surface area contributed by atoms with E-state index in [9.17, 15) is 18.0 Å². The van der Waals surface area contributed by atoms with E-state index in [2.05, 4.69) is 29.2 Å². The molecule has 4 rings (SSSR count). The van der Waals surface area contributed by atoms with Gasteiger partial charge in [-0.15, -0.1) is 0 Å². The Labute approximate surface area is 186 Å².